The van der Waals surface area contributed by atoms with E-state index in [1.54, 1.807) is 7.05 Å². The Balaban J connectivity index is 3.15. The lowest BCUT2D eigenvalue weighted by molar-refractivity contribution is 0.818. The van der Waals surface area contributed by atoms with Gasteiger partial charge in [-0.3, -0.25) is 4.99 Å². The van der Waals surface area contributed by atoms with Gasteiger partial charge in [0.2, 0.25) is 0 Å². The maximum atomic E-state index is 5.87. The molecule has 0 amide bonds. The summed E-state index contributed by atoms with van der Waals surface area (Å²) in [5.74, 6) is 0.383. The largest absolute Gasteiger partial charge is 0.399 e. The van der Waals surface area contributed by atoms with Crippen LogP contribution >= 0.6 is 0 Å². The first-order valence-corrected chi connectivity index (χ1v) is 6.82. The number of allylic oxidation sites excluding steroid dienone is 3. The molecule has 0 atom stereocenters. The monoisotopic (exact) mass is 284 g/mol. The number of amidine groups is 1. The first kappa shape index (κ1) is 16.7. The Kier molecular flexibility index (Phi) is 6.43. The number of rotatable bonds is 6. The average molecular weight is 284 g/mol. The van der Waals surface area contributed by atoms with E-state index in [1.165, 1.54) is 5.56 Å². The van der Waals surface area contributed by atoms with Crippen molar-refractivity contribution in [2.75, 3.05) is 14.1 Å². The molecule has 0 aliphatic rings. The molecule has 0 fully saturated rings. The van der Waals surface area contributed by atoms with Crippen LogP contribution in [0, 0.1) is 0 Å². The predicted octanol–water partition coefficient (Wildman–Crippen LogP) is 2.20. The SMILES string of the molecule is C=C(N)/C(=C\C(=C/C)c1ccc(CNC)cc1)C(N)=NC. The Bertz CT molecular complexity index is 577. The van der Waals surface area contributed by atoms with Gasteiger partial charge in [-0.1, -0.05) is 36.9 Å². The smallest absolute Gasteiger partial charge is 0.127 e. The van der Waals surface area contributed by atoms with Gasteiger partial charge in [-0.25, -0.2) is 0 Å². The molecule has 0 spiro atoms. The molecule has 0 heterocycles. The van der Waals surface area contributed by atoms with Gasteiger partial charge >= 0.3 is 0 Å². The fraction of sp³-hybridized carbons (Fsp3) is 0.235. The standard InChI is InChI=1S/C17H24N4/c1-5-14(10-16(12(2)18)17(19)21-4)15-8-6-13(7-9-15)11-20-3/h5-10,20H,2,11,18H2,1,3-4H3,(H2,19,21)/b14-5+,16-10+. The van der Waals surface area contributed by atoms with Gasteiger partial charge in [0.1, 0.15) is 5.84 Å². The first-order chi connectivity index (χ1) is 10.0. The van der Waals surface area contributed by atoms with Crippen LogP contribution in [0.3, 0.4) is 0 Å². The van der Waals surface area contributed by atoms with E-state index < -0.39 is 0 Å². The summed E-state index contributed by atoms with van der Waals surface area (Å²) in [6, 6.07) is 8.35. The summed E-state index contributed by atoms with van der Waals surface area (Å²) in [5, 5.41) is 3.13. The third kappa shape index (κ3) is 4.61. The molecule has 0 radical (unpaired) electrons. The molecule has 0 aromatic heterocycles. The average Bonchev–Trinajstić information content (AvgIpc) is 2.49. The van der Waals surface area contributed by atoms with E-state index >= 15 is 0 Å². The van der Waals surface area contributed by atoms with E-state index in [0.29, 0.717) is 17.1 Å². The van der Waals surface area contributed by atoms with Crippen molar-refractivity contribution in [1.29, 1.82) is 0 Å². The molecule has 0 aliphatic carbocycles. The van der Waals surface area contributed by atoms with Crippen molar-refractivity contribution in [1.82, 2.24) is 5.32 Å². The molecule has 0 bridgehead atoms. The van der Waals surface area contributed by atoms with E-state index in [0.717, 1.165) is 17.7 Å². The second-order valence-corrected chi connectivity index (χ2v) is 4.66. The second kappa shape index (κ2) is 8.07. The number of nitrogens with one attached hydrogen (secondary N) is 1. The van der Waals surface area contributed by atoms with E-state index in [-0.39, 0.29) is 0 Å². The van der Waals surface area contributed by atoms with Crippen LogP contribution in [-0.2, 0) is 6.54 Å². The van der Waals surface area contributed by atoms with Crippen LogP contribution in [0.2, 0.25) is 0 Å². The van der Waals surface area contributed by atoms with Crippen LogP contribution < -0.4 is 16.8 Å². The van der Waals surface area contributed by atoms with E-state index in [9.17, 15) is 0 Å². The maximum Gasteiger partial charge on any atom is 0.127 e. The molecule has 1 aromatic carbocycles. The summed E-state index contributed by atoms with van der Waals surface area (Å²) in [4.78, 5) is 3.98. The molecule has 112 valence electrons. The van der Waals surface area contributed by atoms with E-state index in [1.807, 2.05) is 26.1 Å². The van der Waals surface area contributed by atoms with Crippen LogP contribution in [0.1, 0.15) is 18.1 Å². The fourth-order valence-corrected chi connectivity index (χ4v) is 1.96. The molecule has 4 nitrogen and oxygen atoms in total. The Labute approximate surface area is 127 Å². The summed E-state index contributed by atoms with van der Waals surface area (Å²) in [6.07, 6.45) is 3.93. The van der Waals surface area contributed by atoms with Crippen molar-refractivity contribution >= 4 is 11.4 Å². The lowest BCUT2D eigenvalue weighted by Gasteiger charge is -2.09. The van der Waals surface area contributed by atoms with Crippen LogP contribution in [0.5, 0.6) is 0 Å². The normalized spacial score (nSPS) is 13.4. The predicted molar refractivity (Wildman–Crippen MR) is 91.8 cm³/mol. The number of hydrogen-bond donors (Lipinski definition) is 3. The lowest BCUT2D eigenvalue weighted by Crippen LogP contribution is -2.19. The summed E-state index contributed by atoms with van der Waals surface area (Å²) >= 11 is 0. The zero-order valence-corrected chi connectivity index (χ0v) is 13.0. The Morgan fingerprint density at radius 2 is 1.90 bits per heavy atom. The molecular formula is C17H24N4. The van der Waals surface area contributed by atoms with Crippen molar-refractivity contribution in [3.05, 3.63) is 65.4 Å². The van der Waals surface area contributed by atoms with Crippen LogP contribution in [0.4, 0.5) is 0 Å². The zero-order chi connectivity index (χ0) is 15.8. The molecule has 0 aliphatic heterocycles. The second-order valence-electron chi connectivity index (χ2n) is 4.66. The Morgan fingerprint density at radius 1 is 1.29 bits per heavy atom. The highest BCUT2D eigenvalue weighted by Crippen LogP contribution is 2.20. The summed E-state index contributed by atoms with van der Waals surface area (Å²) in [6.45, 7) is 6.58. The minimum atomic E-state index is 0.383. The number of hydrogen-bond acceptors (Lipinski definition) is 3. The van der Waals surface area contributed by atoms with Gasteiger partial charge in [-0.05, 0) is 36.7 Å². The highest BCUT2D eigenvalue weighted by molar-refractivity contribution is 6.02. The van der Waals surface area contributed by atoms with Gasteiger partial charge in [0.25, 0.3) is 0 Å². The molecule has 1 aromatic rings. The molecule has 1 rings (SSSR count). The number of benzene rings is 1. The van der Waals surface area contributed by atoms with E-state index in [2.05, 4.69) is 41.2 Å². The molecule has 5 N–H and O–H groups in total. The number of nitrogens with two attached hydrogens (primary N) is 2. The third-order valence-electron chi connectivity index (χ3n) is 3.14. The van der Waals surface area contributed by atoms with Crippen LogP contribution in [0.15, 0.2) is 59.3 Å². The Morgan fingerprint density at radius 3 is 2.33 bits per heavy atom. The highest BCUT2D eigenvalue weighted by Gasteiger charge is 2.06. The topological polar surface area (TPSA) is 76.4 Å². The number of aliphatic imine (C=N–C) groups is 1. The minimum absolute atomic E-state index is 0.383. The number of nitrogens with zero attached hydrogens (tertiary/aromatic N) is 1. The molecule has 0 unspecified atom stereocenters. The Hall–Kier alpha value is -2.33. The van der Waals surface area contributed by atoms with Crippen molar-refractivity contribution < 1.29 is 0 Å². The zero-order valence-electron chi connectivity index (χ0n) is 13.0. The molecule has 0 saturated carbocycles. The highest BCUT2D eigenvalue weighted by atomic mass is 14.8. The lowest BCUT2D eigenvalue weighted by atomic mass is 10.00. The van der Waals surface area contributed by atoms with Gasteiger partial charge in [0.15, 0.2) is 0 Å². The molecular weight excluding hydrogens is 260 g/mol. The molecule has 21 heavy (non-hydrogen) atoms. The maximum absolute atomic E-state index is 5.87. The van der Waals surface area contributed by atoms with Crippen molar-refractivity contribution in [2.24, 2.45) is 16.5 Å². The van der Waals surface area contributed by atoms with Crippen LogP contribution in [-0.4, -0.2) is 19.9 Å². The third-order valence-corrected chi connectivity index (χ3v) is 3.14. The van der Waals surface area contributed by atoms with Gasteiger partial charge in [0, 0.05) is 24.9 Å². The minimum Gasteiger partial charge on any atom is -0.399 e. The summed E-state index contributed by atoms with van der Waals surface area (Å²) in [7, 11) is 3.56. The molecule has 4 heteroatoms. The first-order valence-electron chi connectivity index (χ1n) is 6.82. The van der Waals surface area contributed by atoms with Crippen LogP contribution in [0.25, 0.3) is 5.57 Å². The van der Waals surface area contributed by atoms with Crippen molar-refractivity contribution in [3.8, 4) is 0 Å². The summed E-state index contributed by atoms with van der Waals surface area (Å²) in [5.41, 5.74) is 16.1. The summed E-state index contributed by atoms with van der Waals surface area (Å²) < 4.78 is 0. The van der Waals surface area contributed by atoms with Crippen molar-refractivity contribution in [3.63, 3.8) is 0 Å². The van der Waals surface area contributed by atoms with E-state index in [4.69, 9.17) is 11.5 Å². The van der Waals surface area contributed by atoms with Gasteiger partial charge in [-0.2, -0.15) is 0 Å². The van der Waals surface area contributed by atoms with Gasteiger partial charge in [0.05, 0.1) is 0 Å². The van der Waals surface area contributed by atoms with Gasteiger partial charge < -0.3 is 16.8 Å². The van der Waals surface area contributed by atoms with Crippen molar-refractivity contribution in [2.45, 2.75) is 13.5 Å². The quantitative estimate of drug-likeness (QED) is 0.426. The van der Waals surface area contributed by atoms with Gasteiger partial charge in [-0.15, -0.1) is 0 Å². The molecule has 0 saturated heterocycles. The fourth-order valence-electron chi connectivity index (χ4n) is 1.96.